The molecule has 0 bridgehead atoms. The Hall–Kier alpha value is -2.67. The van der Waals surface area contributed by atoms with Gasteiger partial charge < -0.3 is 10.1 Å². The van der Waals surface area contributed by atoms with Crippen LogP contribution < -0.4 is 10.1 Å². The predicted octanol–water partition coefficient (Wildman–Crippen LogP) is 3.68. The Morgan fingerprint density at radius 3 is 2.73 bits per heavy atom. The first-order chi connectivity index (χ1) is 12.3. The third kappa shape index (κ3) is 3.94. The molecule has 0 saturated carbocycles. The van der Waals surface area contributed by atoms with E-state index in [1.165, 1.54) is 4.52 Å². The van der Waals surface area contributed by atoms with Crippen molar-refractivity contribution in [1.82, 2.24) is 19.6 Å². The van der Waals surface area contributed by atoms with Gasteiger partial charge in [-0.25, -0.2) is 9.50 Å². The van der Waals surface area contributed by atoms with Crippen molar-refractivity contribution >= 4 is 29.0 Å². The second-order valence-electron chi connectivity index (χ2n) is 6.49. The Kier molecular flexibility index (Phi) is 5.08. The molecule has 0 unspecified atom stereocenters. The van der Waals surface area contributed by atoms with Crippen LogP contribution in [0, 0.1) is 19.8 Å². The lowest BCUT2D eigenvalue weighted by atomic mass is 10.2. The van der Waals surface area contributed by atoms with Crippen LogP contribution in [-0.2, 0) is 0 Å². The van der Waals surface area contributed by atoms with Gasteiger partial charge in [-0.2, -0.15) is 4.98 Å². The van der Waals surface area contributed by atoms with Crippen LogP contribution in [0.25, 0.3) is 5.78 Å². The van der Waals surface area contributed by atoms with Crippen LogP contribution in [0.15, 0.2) is 24.3 Å². The number of amides is 1. The number of ether oxygens (including phenoxy) is 1. The molecule has 0 atom stereocenters. The number of rotatable bonds is 5. The number of carbonyl (C=O) groups is 1. The second-order valence-corrected chi connectivity index (χ2v) is 6.90. The maximum absolute atomic E-state index is 12.4. The molecule has 26 heavy (non-hydrogen) atoms. The Bertz CT molecular complexity index is 968. The summed E-state index contributed by atoms with van der Waals surface area (Å²) in [5.41, 5.74) is 2.21. The fourth-order valence-corrected chi connectivity index (χ4v) is 2.64. The molecule has 0 saturated heterocycles. The van der Waals surface area contributed by atoms with Crippen molar-refractivity contribution in [2.45, 2.75) is 27.7 Å². The monoisotopic (exact) mass is 373 g/mol. The van der Waals surface area contributed by atoms with E-state index in [1.807, 2.05) is 19.9 Å². The zero-order chi connectivity index (χ0) is 18.8. The summed E-state index contributed by atoms with van der Waals surface area (Å²) in [6.07, 6.45) is 0. The van der Waals surface area contributed by atoms with Crippen LogP contribution in [0.2, 0.25) is 5.02 Å². The van der Waals surface area contributed by atoms with Gasteiger partial charge in [-0.3, -0.25) is 4.79 Å². The van der Waals surface area contributed by atoms with Crippen molar-refractivity contribution in [2.24, 2.45) is 5.92 Å². The zero-order valence-electron chi connectivity index (χ0n) is 15.1. The van der Waals surface area contributed by atoms with E-state index in [1.54, 1.807) is 18.2 Å². The average Bonchev–Trinajstić information content (AvgIpc) is 2.98. The summed E-state index contributed by atoms with van der Waals surface area (Å²) in [4.78, 5) is 20.9. The van der Waals surface area contributed by atoms with Gasteiger partial charge in [0.1, 0.15) is 5.75 Å². The molecular weight excluding hydrogens is 354 g/mol. The van der Waals surface area contributed by atoms with E-state index in [9.17, 15) is 4.79 Å². The molecule has 1 amide bonds. The molecule has 1 aromatic carbocycles. The molecule has 2 heterocycles. The largest absolute Gasteiger partial charge is 0.492 e. The molecule has 3 rings (SSSR count). The van der Waals surface area contributed by atoms with Gasteiger partial charge in [-0.15, -0.1) is 5.10 Å². The van der Waals surface area contributed by atoms with Gasteiger partial charge in [0.25, 0.3) is 11.7 Å². The molecule has 0 spiro atoms. The van der Waals surface area contributed by atoms with Crippen molar-refractivity contribution in [2.75, 3.05) is 11.9 Å². The molecular formula is C18H20ClN5O2. The fraction of sp³-hybridized carbons (Fsp3) is 0.333. The van der Waals surface area contributed by atoms with Crippen LogP contribution >= 0.6 is 11.6 Å². The standard InChI is InChI=1S/C18H20ClN5O2/c1-10(2)9-26-15-6-5-13(8-14(15)19)21-17(25)16-22-18-20-11(3)7-12(4)24(18)23-16/h5-8,10H,9H2,1-4H3,(H,21,25). The van der Waals surface area contributed by atoms with Gasteiger partial charge in [-0.05, 0) is 44.0 Å². The van der Waals surface area contributed by atoms with Crippen molar-refractivity contribution in [3.63, 3.8) is 0 Å². The highest BCUT2D eigenvalue weighted by Gasteiger charge is 2.16. The lowest BCUT2D eigenvalue weighted by Gasteiger charge is -2.11. The smallest absolute Gasteiger partial charge is 0.295 e. The van der Waals surface area contributed by atoms with Gasteiger partial charge in [-0.1, -0.05) is 25.4 Å². The fourth-order valence-electron chi connectivity index (χ4n) is 2.40. The lowest BCUT2D eigenvalue weighted by molar-refractivity contribution is 0.101. The SMILES string of the molecule is Cc1cc(C)n2nc(C(=O)Nc3ccc(OCC(C)C)c(Cl)c3)nc2n1. The number of hydrogen-bond donors (Lipinski definition) is 1. The highest BCUT2D eigenvalue weighted by Crippen LogP contribution is 2.28. The highest BCUT2D eigenvalue weighted by atomic mass is 35.5. The Balaban J connectivity index is 1.77. The number of carbonyl (C=O) groups excluding carboxylic acids is 1. The van der Waals surface area contributed by atoms with Crippen LogP contribution in [0.4, 0.5) is 5.69 Å². The molecule has 0 aliphatic rings. The summed E-state index contributed by atoms with van der Waals surface area (Å²) in [5, 5.41) is 7.38. The summed E-state index contributed by atoms with van der Waals surface area (Å²) < 4.78 is 7.17. The van der Waals surface area contributed by atoms with Crippen LogP contribution in [0.3, 0.4) is 0 Å². The minimum absolute atomic E-state index is 0.0439. The van der Waals surface area contributed by atoms with Gasteiger partial charge in [0, 0.05) is 17.1 Å². The first-order valence-electron chi connectivity index (χ1n) is 8.28. The van der Waals surface area contributed by atoms with E-state index >= 15 is 0 Å². The molecule has 0 aliphatic carbocycles. The topological polar surface area (TPSA) is 81.4 Å². The van der Waals surface area contributed by atoms with Crippen LogP contribution in [-0.4, -0.2) is 32.1 Å². The zero-order valence-corrected chi connectivity index (χ0v) is 15.8. The highest BCUT2D eigenvalue weighted by molar-refractivity contribution is 6.32. The van der Waals surface area contributed by atoms with Crippen LogP contribution in [0.5, 0.6) is 5.75 Å². The Morgan fingerprint density at radius 2 is 2.04 bits per heavy atom. The third-order valence-corrected chi connectivity index (χ3v) is 3.88. The molecule has 3 aromatic rings. The van der Waals surface area contributed by atoms with E-state index in [4.69, 9.17) is 16.3 Å². The van der Waals surface area contributed by atoms with E-state index in [-0.39, 0.29) is 5.82 Å². The van der Waals surface area contributed by atoms with E-state index in [0.29, 0.717) is 34.8 Å². The number of fused-ring (bicyclic) bond motifs is 1. The van der Waals surface area contributed by atoms with E-state index < -0.39 is 5.91 Å². The maximum Gasteiger partial charge on any atom is 0.295 e. The second kappa shape index (κ2) is 7.29. The molecule has 136 valence electrons. The quantitative estimate of drug-likeness (QED) is 0.737. The Labute approximate surface area is 156 Å². The van der Waals surface area contributed by atoms with Crippen molar-refractivity contribution in [3.05, 3.63) is 46.5 Å². The first-order valence-corrected chi connectivity index (χ1v) is 8.66. The van der Waals surface area contributed by atoms with Gasteiger partial charge in [0.2, 0.25) is 5.82 Å². The number of hydrogen-bond acceptors (Lipinski definition) is 5. The van der Waals surface area contributed by atoms with Crippen molar-refractivity contribution < 1.29 is 9.53 Å². The molecule has 7 nitrogen and oxygen atoms in total. The number of benzene rings is 1. The van der Waals surface area contributed by atoms with Gasteiger partial charge in [0.05, 0.1) is 11.6 Å². The lowest BCUT2D eigenvalue weighted by Crippen LogP contribution is -2.14. The molecule has 0 aliphatic heterocycles. The van der Waals surface area contributed by atoms with Crippen molar-refractivity contribution in [3.8, 4) is 5.75 Å². The number of aromatic nitrogens is 4. The van der Waals surface area contributed by atoms with Crippen molar-refractivity contribution in [1.29, 1.82) is 0 Å². The van der Waals surface area contributed by atoms with Gasteiger partial charge in [0.15, 0.2) is 0 Å². The third-order valence-electron chi connectivity index (χ3n) is 3.58. The number of aryl methyl sites for hydroxylation is 2. The predicted molar refractivity (Wildman–Crippen MR) is 100.0 cm³/mol. The number of nitrogens with one attached hydrogen (secondary N) is 1. The number of halogens is 1. The van der Waals surface area contributed by atoms with Crippen LogP contribution in [0.1, 0.15) is 35.9 Å². The normalized spacial score (nSPS) is 11.2. The van der Waals surface area contributed by atoms with E-state index in [0.717, 1.165) is 11.4 Å². The minimum atomic E-state index is -0.431. The summed E-state index contributed by atoms with van der Waals surface area (Å²) in [5.74, 6) is 0.983. The molecule has 8 heteroatoms. The summed E-state index contributed by atoms with van der Waals surface area (Å²) in [7, 11) is 0. The summed E-state index contributed by atoms with van der Waals surface area (Å²) in [6, 6.07) is 6.97. The summed E-state index contributed by atoms with van der Waals surface area (Å²) in [6.45, 7) is 8.44. The summed E-state index contributed by atoms with van der Waals surface area (Å²) >= 11 is 6.22. The molecule has 2 aromatic heterocycles. The Morgan fingerprint density at radius 1 is 1.27 bits per heavy atom. The number of anilines is 1. The molecule has 0 fully saturated rings. The molecule has 0 radical (unpaired) electrons. The first kappa shape index (κ1) is 18.1. The van der Waals surface area contributed by atoms with Gasteiger partial charge >= 0.3 is 0 Å². The minimum Gasteiger partial charge on any atom is -0.492 e. The number of nitrogens with zero attached hydrogens (tertiary/aromatic N) is 4. The molecule has 1 N–H and O–H groups in total. The maximum atomic E-state index is 12.4. The van der Waals surface area contributed by atoms with E-state index in [2.05, 4.69) is 34.2 Å². The average molecular weight is 374 g/mol.